The Hall–Kier alpha value is -0.480. The minimum atomic E-state index is 0.345. The average Bonchev–Trinajstić information content (AvgIpc) is 2.78. The molecule has 2 unspecified atom stereocenters. The highest BCUT2D eigenvalue weighted by molar-refractivity contribution is 8.00. The molecule has 2 saturated heterocycles. The van der Waals surface area contributed by atoms with Crippen LogP contribution in [0.5, 0.6) is 0 Å². The van der Waals surface area contributed by atoms with Crippen molar-refractivity contribution in [2.45, 2.75) is 17.7 Å². The van der Waals surface area contributed by atoms with Crippen LogP contribution in [-0.2, 0) is 0 Å². The van der Waals surface area contributed by atoms with E-state index in [1.807, 2.05) is 6.07 Å². The first-order chi connectivity index (χ1) is 6.83. The van der Waals surface area contributed by atoms with Crippen molar-refractivity contribution in [2.24, 2.45) is 0 Å². The number of halogens is 1. The number of nitrogens with zero attached hydrogens (tertiary/aromatic N) is 3. The molecule has 2 aliphatic rings. The number of fused-ring (bicyclic) bond motifs is 2. The normalized spacial score (nSPS) is 29.9. The van der Waals surface area contributed by atoms with Gasteiger partial charge in [-0.2, -0.15) is 11.8 Å². The highest BCUT2D eigenvalue weighted by Gasteiger charge is 2.39. The molecule has 2 bridgehead atoms. The monoisotopic (exact) mass is 227 g/mol. The molecule has 74 valence electrons. The Morgan fingerprint density at radius 2 is 2.50 bits per heavy atom. The minimum absolute atomic E-state index is 0.345. The second-order valence-corrected chi connectivity index (χ2v) is 5.35. The SMILES string of the molecule is Clc1nccc(N2CC3CC2CS3)n1. The summed E-state index contributed by atoms with van der Waals surface area (Å²) in [6.45, 7) is 1.11. The van der Waals surface area contributed by atoms with Gasteiger partial charge < -0.3 is 4.90 Å². The van der Waals surface area contributed by atoms with Gasteiger partial charge in [0.2, 0.25) is 5.28 Å². The lowest BCUT2D eigenvalue weighted by atomic mass is 10.2. The van der Waals surface area contributed by atoms with Crippen LogP contribution in [0.25, 0.3) is 0 Å². The molecule has 3 nitrogen and oxygen atoms in total. The van der Waals surface area contributed by atoms with Crippen LogP contribution in [0.1, 0.15) is 6.42 Å². The van der Waals surface area contributed by atoms with Gasteiger partial charge in [0.25, 0.3) is 0 Å². The smallest absolute Gasteiger partial charge is 0.224 e. The van der Waals surface area contributed by atoms with E-state index in [0.717, 1.165) is 17.6 Å². The first-order valence-electron chi connectivity index (χ1n) is 4.70. The van der Waals surface area contributed by atoms with E-state index in [1.165, 1.54) is 12.2 Å². The van der Waals surface area contributed by atoms with Gasteiger partial charge >= 0.3 is 0 Å². The summed E-state index contributed by atoms with van der Waals surface area (Å²) >= 11 is 7.85. The molecule has 3 heterocycles. The lowest BCUT2D eigenvalue weighted by Gasteiger charge is -2.27. The van der Waals surface area contributed by atoms with Crippen LogP contribution in [0.4, 0.5) is 5.82 Å². The number of anilines is 1. The van der Waals surface area contributed by atoms with Crippen molar-refractivity contribution in [1.82, 2.24) is 9.97 Å². The molecule has 1 aromatic rings. The zero-order valence-corrected chi connectivity index (χ0v) is 9.13. The number of aromatic nitrogens is 2. The summed E-state index contributed by atoms with van der Waals surface area (Å²) in [5, 5.41) is 1.15. The maximum Gasteiger partial charge on any atom is 0.224 e. The fourth-order valence-electron chi connectivity index (χ4n) is 2.17. The van der Waals surface area contributed by atoms with Gasteiger partial charge in [-0.3, -0.25) is 0 Å². The molecule has 0 radical (unpaired) electrons. The van der Waals surface area contributed by atoms with E-state index < -0.39 is 0 Å². The molecule has 0 amide bonds. The molecule has 5 heteroatoms. The second-order valence-electron chi connectivity index (χ2n) is 3.68. The van der Waals surface area contributed by atoms with Gasteiger partial charge in [-0.25, -0.2) is 9.97 Å². The Balaban J connectivity index is 1.89. The molecule has 0 N–H and O–H groups in total. The lowest BCUT2D eigenvalue weighted by molar-refractivity contribution is 0.750. The molecular formula is C9H10ClN3S. The second kappa shape index (κ2) is 3.28. The van der Waals surface area contributed by atoms with Crippen LogP contribution in [0.15, 0.2) is 12.3 Å². The predicted octanol–water partition coefficient (Wildman–Crippen LogP) is 1.82. The molecule has 2 atom stereocenters. The molecule has 0 aromatic carbocycles. The van der Waals surface area contributed by atoms with E-state index in [4.69, 9.17) is 11.6 Å². The van der Waals surface area contributed by atoms with Crippen LogP contribution in [0, 0.1) is 0 Å². The highest BCUT2D eigenvalue weighted by atomic mass is 35.5. The maximum atomic E-state index is 5.77. The largest absolute Gasteiger partial charge is 0.352 e. The molecular weight excluding hydrogens is 218 g/mol. The Kier molecular flexibility index (Phi) is 2.06. The minimum Gasteiger partial charge on any atom is -0.352 e. The highest BCUT2D eigenvalue weighted by Crippen LogP contribution is 2.39. The molecule has 2 aliphatic heterocycles. The van der Waals surface area contributed by atoms with E-state index in [2.05, 4.69) is 26.6 Å². The number of hydrogen-bond donors (Lipinski definition) is 0. The summed E-state index contributed by atoms with van der Waals surface area (Å²) in [5.74, 6) is 2.21. The number of hydrogen-bond acceptors (Lipinski definition) is 4. The zero-order chi connectivity index (χ0) is 9.54. The van der Waals surface area contributed by atoms with E-state index >= 15 is 0 Å². The number of thioether (sulfide) groups is 1. The van der Waals surface area contributed by atoms with Gasteiger partial charge in [0, 0.05) is 29.8 Å². The van der Waals surface area contributed by atoms with E-state index in [-0.39, 0.29) is 0 Å². The maximum absolute atomic E-state index is 5.77. The van der Waals surface area contributed by atoms with Crippen LogP contribution in [0.3, 0.4) is 0 Å². The van der Waals surface area contributed by atoms with Gasteiger partial charge in [0.1, 0.15) is 5.82 Å². The number of rotatable bonds is 1. The summed E-state index contributed by atoms with van der Waals surface area (Å²) in [6, 6.07) is 2.60. The van der Waals surface area contributed by atoms with Crippen molar-refractivity contribution in [3.63, 3.8) is 0 Å². The molecule has 0 saturated carbocycles. The first-order valence-corrected chi connectivity index (χ1v) is 6.12. The Morgan fingerprint density at radius 3 is 3.14 bits per heavy atom. The molecule has 0 spiro atoms. The van der Waals surface area contributed by atoms with Crippen LogP contribution < -0.4 is 4.90 Å². The summed E-state index contributed by atoms with van der Waals surface area (Å²) < 4.78 is 0. The molecule has 1 aromatic heterocycles. The average molecular weight is 228 g/mol. The van der Waals surface area contributed by atoms with Crippen molar-refractivity contribution in [3.05, 3.63) is 17.5 Å². The van der Waals surface area contributed by atoms with Crippen molar-refractivity contribution in [2.75, 3.05) is 17.2 Å². The quantitative estimate of drug-likeness (QED) is 0.685. The van der Waals surface area contributed by atoms with Crippen molar-refractivity contribution in [1.29, 1.82) is 0 Å². The van der Waals surface area contributed by atoms with Crippen LogP contribution >= 0.6 is 23.4 Å². The van der Waals surface area contributed by atoms with Crippen LogP contribution in [-0.4, -0.2) is 33.6 Å². The van der Waals surface area contributed by atoms with Gasteiger partial charge in [0.15, 0.2) is 0 Å². The van der Waals surface area contributed by atoms with E-state index in [1.54, 1.807) is 6.20 Å². The molecule has 3 rings (SSSR count). The van der Waals surface area contributed by atoms with Gasteiger partial charge in [-0.05, 0) is 24.1 Å². The molecule has 14 heavy (non-hydrogen) atoms. The molecule has 0 aliphatic carbocycles. The topological polar surface area (TPSA) is 29.0 Å². The van der Waals surface area contributed by atoms with Crippen molar-refractivity contribution >= 4 is 29.2 Å². The lowest BCUT2D eigenvalue weighted by Crippen LogP contribution is -2.34. The fraction of sp³-hybridized carbons (Fsp3) is 0.556. The van der Waals surface area contributed by atoms with Gasteiger partial charge in [0.05, 0.1) is 0 Å². The van der Waals surface area contributed by atoms with Crippen molar-refractivity contribution in [3.8, 4) is 0 Å². The first kappa shape index (κ1) is 8.80. The standard InChI is InChI=1S/C9H10ClN3S/c10-9-11-2-1-8(12-9)13-4-7-3-6(13)5-14-7/h1-2,6-7H,3-5H2. The van der Waals surface area contributed by atoms with E-state index in [0.29, 0.717) is 11.3 Å². The summed E-state index contributed by atoms with van der Waals surface area (Å²) in [7, 11) is 0. The molecule has 2 fully saturated rings. The van der Waals surface area contributed by atoms with Crippen molar-refractivity contribution < 1.29 is 0 Å². The third-order valence-corrected chi connectivity index (χ3v) is 4.38. The zero-order valence-electron chi connectivity index (χ0n) is 7.56. The summed E-state index contributed by atoms with van der Waals surface area (Å²) in [6.07, 6.45) is 3.02. The van der Waals surface area contributed by atoms with Crippen LogP contribution in [0.2, 0.25) is 5.28 Å². The predicted molar refractivity (Wildman–Crippen MR) is 59.0 cm³/mol. The summed E-state index contributed by atoms with van der Waals surface area (Å²) in [4.78, 5) is 10.5. The Labute approximate surface area is 91.9 Å². The Bertz CT molecular complexity index is 360. The Morgan fingerprint density at radius 1 is 1.57 bits per heavy atom. The fourth-order valence-corrected chi connectivity index (χ4v) is 3.74. The third-order valence-electron chi connectivity index (χ3n) is 2.81. The van der Waals surface area contributed by atoms with Gasteiger partial charge in [-0.1, -0.05) is 0 Å². The summed E-state index contributed by atoms with van der Waals surface area (Å²) in [5.41, 5.74) is 0. The van der Waals surface area contributed by atoms with Gasteiger partial charge in [-0.15, -0.1) is 0 Å². The van der Waals surface area contributed by atoms with E-state index in [9.17, 15) is 0 Å². The third kappa shape index (κ3) is 1.37.